The monoisotopic (exact) mass is 526 g/mol. The molecule has 37 heavy (non-hydrogen) atoms. The standard InChI is InChI=1S/C26H21F3N4O3S/c1-13-14(2)37-25-22(13)23(30-20(12-21(34)35)24-32-31-15(3)33(24)25)17-9-7-16(8-10-17)18-5-4-6-19(11-18)36-26(27,28)29/h4-11,20H,12H2,1-3H3,(H,34,35)/t20-/m0/s1. The van der Waals surface area contributed by atoms with Crippen LogP contribution in [0.5, 0.6) is 5.75 Å². The van der Waals surface area contributed by atoms with Crippen LogP contribution in [0.2, 0.25) is 0 Å². The highest BCUT2D eigenvalue weighted by Crippen LogP contribution is 2.39. The van der Waals surface area contributed by atoms with E-state index in [1.54, 1.807) is 29.5 Å². The summed E-state index contributed by atoms with van der Waals surface area (Å²) < 4.78 is 43.9. The smallest absolute Gasteiger partial charge is 0.481 e. The van der Waals surface area contributed by atoms with Gasteiger partial charge in [0.2, 0.25) is 0 Å². The fourth-order valence-electron chi connectivity index (χ4n) is 4.38. The number of fused-ring (bicyclic) bond motifs is 3. The summed E-state index contributed by atoms with van der Waals surface area (Å²) >= 11 is 1.57. The molecule has 0 saturated carbocycles. The highest BCUT2D eigenvalue weighted by Gasteiger charge is 2.33. The van der Waals surface area contributed by atoms with E-state index in [4.69, 9.17) is 4.99 Å². The van der Waals surface area contributed by atoms with Crippen molar-refractivity contribution in [3.8, 4) is 21.9 Å². The van der Waals surface area contributed by atoms with Crippen molar-refractivity contribution in [1.82, 2.24) is 14.8 Å². The number of rotatable bonds is 5. The highest BCUT2D eigenvalue weighted by atomic mass is 32.1. The van der Waals surface area contributed by atoms with Gasteiger partial charge in [-0.3, -0.25) is 14.4 Å². The number of carbonyl (C=O) groups is 1. The zero-order valence-electron chi connectivity index (χ0n) is 20.0. The zero-order valence-corrected chi connectivity index (χ0v) is 20.8. The first kappa shape index (κ1) is 24.7. The summed E-state index contributed by atoms with van der Waals surface area (Å²) in [6.45, 7) is 5.83. The van der Waals surface area contributed by atoms with E-state index < -0.39 is 18.4 Å². The van der Waals surface area contributed by atoms with Gasteiger partial charge in [-0.05, 0) is 49.6 Å². The van der Waals surface area contributed by atoms with E-state index in [0.29, 0.717) is 28.5 Å². The van der Waals surface area contributed by atoms with E-state index in [-0.39, 0.29) is 12.2 Å². The lowest BCUT2D eigenvalue weighted by Gasteiger charge is -2.12. The predicted molar refractivity (Wildman–Crippen MR) is 133 cm³/mol. The molecule has 2 aromatic carbocycles. The number of aryl methyl sites for hydroxylation is 2. The molecule has 11 heteroatoms. The number of aliphatic carboxylic acids is 1. The second-order valence-corrected chi connectivity index (χ2v) is 9.85. The lowest BCUT2D eigenvalue weighted by molar-refractivity contribution is -0.274. The number of aliphatic imine (C=N–C) groups is 1. The minimum Gasteiger partial charge on any atom is -0.481 e. The van der Waals surface area contributed by atoms with Gasteiger partial charge < -0.3 is 9.84 Å². The molecule has 0 radical (unpaired) electrons. The average Bonchev–Trinajstić information content (AvgIpc) is 3.30. The van der Waals surface area contributed by atoms with Gasteiger partial charge in [0.15, 0.2) is 5.82 Å². The quantitative estimate of drug-likeness (QED) is 0.335. The van der Waals surface area contributed by atoms with E-state index in [2.05, 4.69) is 14.9 Å². The minimum absolute atomic E-state index is 0.251. The number of ether oxygens (including phenoxy) is 1. The minimum atomic E-state index is -4.78. The Bertz CT molecular complexity index is 1540. The molecule has 3 heterocycles. The van der Waals surface area contributed by atoms with Crippen LogP contribution in [0.15, 0.2) is 53.5 Å². The van der Waals surface area contributed by atoms with E-state index in [0.717, 1.165) is 26.6 Å². The summed E-state index contributed by atoms with van der Waals surface area (Å²) in [5.41, 5.74) is 4.54. The molecule has 0 amide bonds. The Morgan fingerprint density at radius 3 is 2.43 bits per heavy atom. The third-order valence-corrected chi connectivity index (χ3v) is 7.36. The van der Waals surface area contributed by atoms with Gasteiger partial charge in [-0.15, -0.1) is 34.7 Å². The summed E-state index contributed by atoms with van der Waals surface area (Å²) in [6.07, 6.45) is -5.03. The SMILES string of the molecule is Cc1sc2c(c1C)C(c1ccc(-c3cccc(OC(F)(F)F)c3)cc1)=N[C@@H](CC(=O)O)c1nnc(C)n1-2. The van der Waals surface area contributed by atoms with Crippen LogP contribution >= 0.6 is 11.3 Å². The molecule has 4 aromatic rings. The molecule has 190 valence electrons. The van der Waals surface area contributed by atoms with Crippen LogP contribution in [0.3, 0.4) is 0 Å². The van der Waals surface area contributed by atoms with E-state index in [1.165, 1.54) is 18.2 Å². The summed E-state index contributed by atoms with van der Waals surface area (Å²) in [5.74, 6) is -0.197. The summed E-state index contributed by atoms with van der Waals surface area (Å²) in [5, 5.41) is 18.9. The predicted octanol–water partition coefficient (Wildman–Crippen LogP) is 6.19. The number of carboxylic acid groups (broad SMARTS) is 1. The Hall–Kier alpha value is -3.99. The second-order valence-electron chi connectivity index (χ2n) is 8.65. The molecule has 0 saturated heterocycles. The van der Waals surface area contributed by atoms with Crippen molar-refractivity contribution < 1.29 is 27.8 Å². The number of thiophene rings is 1. The van der Waals surface area contributed by atoms with E-state index in [9.17, 15) is 23.1 Å². The van der Waals surface area contributed by atoms with Crippen LogP contribution in [-0.2, 0) is 4.79 Å². The summed E-state index contributed by atoms with van der Waals surface area (Å²) in [6, 6.07) is 12.3. The molecular formula is C26H21F3N4O3S. The molecule has 7 nitrogen and oxygen atoms in total. The van der Waals surface area contributed by atoms with Gasteiger partial charge in [-0.25, -0.2) is 0 Å². The number of halogens is 3. The lowest BCUT2D eigenvalue weighted by atomic mass is 9.97. The number of aromatic nitrogens is 3. The molecule has 0 spiro atoms. The van der Waals surface area contributed by atoms with Crippen LogP contribution < -0.4 is 4.74 Å². The Morgan fingerprint density at radius 1 is 1.05 bits per heavy atom. The first-order valence-electron chi connectivity index (χ1n) is 11.3. The van der Waals surface area contributed by atoms with Crippen LogP contribution in [0.4, 0.5) is 13.2 Å². The van der Waals surface area contributed by atoms with Gasteiger partial charge in [-0.2, -0.15) is 0 Å². The van der Waals surface area contributed by atoms with Crippen molar-refractivity contribution in [2.24, 2.45) is 4.99 Å². The Balaban J connectivity index is 1.60. The van der Waals surface area contributed by atoms with Gasteiger partial charge in [0.1, 0.15) is 22.6 Å². The summed E-state index contributed by atoms with van der Waals surface area (Å²) in [7, 11) is 0. The van der Waals surface area contributed by atoms with Crippen LogP contribution in [0.1, 0.15) is 45.7 Å². The number of carboxylic acids is 1. The maximum atomic E-state index is 12.7. The van der Waals surface area contributed by atoms with E-state index >= 15 is 0 Å². The number of alkyl halides is 3. The molecule has 1 N–H and O–H groups in total. The number of benzene rings is 2. The van der Waals surface area contributed by atoms with Crippen LogP contribution in [-0.4, -0.2) is 37.9 Å². The Kier molecular flexibility index (Phi) is 6.10. The number of hydrogen-bond acceptors (Lipinski definition) is 6. The molecular weight excluding hydrogens is 505 g/mol. The second kappa shape index (κ2) is 9.15. The topological polar surface area (TPSA) is 89.6 Å². The maximum absolute atomic E-state index is 12.7. The van der Waals surface area contributed by atoms with Crippen molar-refractivity contribution in [3.05, 3.63) is 81.7 Å². The molecule has 1 aliphatic heterocycles. The van der Waals surface area contributed by atoms with Crippen molar-refractivity contribution >= 4 is 23.0 Å². The fourth-order valence-corrected chi connectivity index (χ4v) is 5.60. The Labute approximate surface area is 213 Å². The fraction of sp³-hybridized carbons (Fsp3) is 0.231. The van der Waals surface area contributed by atoms with Crippen LogP contribution in [0.25, 0.3) is 16.1 Å². The van der Waals surface area contributed by atoms with Gasteiger partial charge >= 0.3 is 12.3 Å². The third-order valence-electron chi connectivity index (χ3n) is 6.17. The molecule has 2 aromatic heterocycles. The zero-order chi connectivity index (χ0) is 26.5. The molecule has 0 aliphatic carbocycles. The van der Waals surface area contributed by atoms with Crippen molar-refractivity contribution in [2.45, 2.75) is 39.6 Å². The molecule has 1 atom stereocenters. The molecule has 0 fully saturated rings. The van der Waals surface area contributed by atoms with E-state index in [1.807, 2.05) is 37.5 Å². The van der Waals surface area contributed by atoms with Crippen molar-refractivity contribution in [1.29, 1.82) is 0 Å². The van der Waals surface area contributed by atoms with Crippen molar-refractivity contribution in [3.63, 3.8) is 0 Å². The van der Waals surface area contributed by atoms with Crippen molar-refractivity contribution in [2.75, 3.05) is 0 Å². The maximum Gasteiger partial charge on any atom is 0.573 e. The molecule has 0 bridgehead atoms. The van der Waals surface area contributed by atoms with Gasteiger partial charge in [0.05, 0.1) is 12.1 Å². The molecule has 5 rings (SSSR count). The molecule has 0 unspecified atom stereocenters. The van der Waals surface area contributed by atoms with Crippen LogP contribution in [0, 0.1) is 20.8 Å². The third kappa shape index (κ3) is 4.74. The van der Waals surface area contributed by atoms with Gasteiger partial charge in [0, 0.05) is 16.0 Å². The average molecular weight is 527 g/mol. The normalized spacial score (nSPS) is 15.0. The first-order chi connectivity index (χ1) is 17.5. The number of nitrogens with zero attached hydrogens (tertiary/aromatic N) is 4. The largest absolute Gasteiger partial charge is 0.573 e. The molecule has 1 aliphatic rings. The summed E-state index contributed by atoms with van der Waals surface area (Å²) in [4.78, 5) is 17.7. The lowest BCUT2D eigenvalue weighted by Crippen LogP contribution is -2.17. The highest BCUT2D eigenvalue weighted by molar-refractivity contribution is 7.15. The Morgan fingerprint density at radius 2 is 1.76 bits per heavy atom. The first-order valence-corrected chi connectivity index (χ1v) is 12.1. The van der Waals surface area contributed by atoms with Gasteiger partial charge in [-0.1, -0.05) is 36.4 Å². The van der Waals surface area contributed by atoms with Gasteiger partial charge in [0.25, 0.3) is 0 Å². The number of hydrogen-bond donors (Lipinski definition) is 1.